The Labute approximate surface area is 155 Å². The van der Waals surface area contributed by atoms with Crippen LogP contribution in [0.1, 0.15) is 44.1 Å². The summed E-state index contributed by atoms with van der Waals surface area (Å²) in [6, 6.07) is 10.1. The SMILES string of the molecule is CCOC1OC(C(=O)NCC2CC2)=CC(c2ccccc2)C1CCCO. The van der Waals surface area contributed by atoms with Crippen LogP contribution in [0.3, 0.4) is 0 Å². The molecule has 2 aliphatic rings. The van der Waals surface area contributed by atoms with Crippen LogP contribution in [0.4, 0.5) is 0 Å². The van der Waals surface area contributed by atoms with Crippen molar-refractivity contribution in [2.45, 2.75) is 44.8 Å². The third-order valence-corrected chi connectivity index (χ3v) is 5.07. The first-order chi connectivity index (χ1) is 12.7. The van der Waals surface area contributed by atoms with Crippen molar-refractivity contribution in [2.24, 2.45) is 11.8 Å². The van der Waals surface area contributed by atoms with Crippen LogP contribution in [0.2, 0.25) is 0 Å². The molecular weight excluding hydrogens is 330 g/mol. The highest BCUT2D eigenvalue weighted by molar-refractivity contribution is 5.91. The lowest BCUT2D eigenvalue weighted by Crippen LogP contribution is -2.39. The van der Waals surface area contributed by atoms with Crippen LogP contribution in [-0.4, -0.2) is 37.1 Å². The molecule has 5 nitrogen and oxygen atoms in total. The Balaban J connectivity index is 1.83. The summed E-state index contributed by atoms with van der Waals surface area (Å²) < 4.78 is 11.8. The molecule has 26 heavy (non-hydrogen) atoms. The number of hydrogen-bond acceptors (Lipinski definition) is 4. The highest BCUT2D eigenvalue weighted by Crippen LogP contribution is 2.39. The summed E-state index contributed by atoms with van der Waals surface area (Å²) >= 11 is 0. The summed E-state index contributed by atoms with van der Waals surface area (Å²) in [6.45, 7) is 3.28. The van der Waals surface area contributed by atoms with E-state index in [9.17, 15) is 9.90 Å². The van der Waals surface area contributed by atoms with Gasteiger partial charge in [0.05, 0.1) is 0 Å². The lowest BCUT2D eigenvalue weighted by atomic mass is 9.80. The van der Waals surface area contributed by atoms with E-state index >= 15 is 0 Å². The second kappa shape index (κ2) is 9.19. The van der Waals surface area contributed by atoms with Crippen molar-refractivity contribution in [2.75, 3.05) is 19.8 Å². The standard InChI is InChI=1S/C21H29NO4/c1-2-25-21-17(9-6-12-23)18(16-7-4-3-5-8-16)13-19(26-21)20(24)22-14-15-10-11-15/h3-5,7-8,13,15,17-18,21,23H,2,6,9-12,14H2,1H3,(H,22,24). The molecule has 3 unspecified atom stereocenters. The van der Waals surface area contributed by atoms with E-state index in [1.807, 2.05) is 31.2 Å². The Morgan fingerprint density at radius 3 is 2.73 bits per heavy atom. The third-order valence-electron chi connectivity index (χ3n) is 5.07. The molecule has 0 bridgehead atoms. The van der Waals surface area contributed by atoms with Crippen LogP contribution in [0.5, 0.6) is 0 Å². The molecule has 3 rings (SSSR count). The van der Waals surface area contributed by atoms with E-state index in [0.717, 1.165) is 12.0 Å². The Morgan fingerprint density at radius 2 is 2.08 bits per heavy atom. The molecule has 142 valence electrons. The lowest BCUT2D eigenvalue weighted by Gasteiger charge is -2.37. The van der Waals surface area contributed by atoms with Gasteiger partial charge >= 0.3 is 0 Å². The van der Waals surface area contributed by atoms with Crippen LogP contribution in [0, 0.1) is 11.8 Å². The normalized spacial score (nSPS) is 25.3. The molecule has 5 heteroatoms. The Bertz CT molecular complexity index is 612. The highest BCUT2D eigenvalue weighted by Gasteiger charge is 2.38. The second-order valence-electron chi connectivity index (χ2n) is 7.09. The van der Waals surface area contributed by atoms with Crippen molar-refractivity contribution in [1.82, 2.24) is 5.32 Å². The molecule has 0 radical (unpaired) electrons. The predicted octanol–water partition coefficient (Wildman–Crippen LogP) is 2.96. The van der Waals surface area contributed by atoms with Gasteiger partial charge in [0.25, 0.3) is 5.91 Å². The Kier molecular flexibility index (Phi) is 6.69. The zero-order valence-electron chi connectivity index (χ0n) is 15.4. The largest absolute Gasteiger partial charge is 0.459 e. The summed E-state index contributed by atoms with van der Waals surface area (Å²) in [4.78, 5) is 12.6. The fourth-order valence-corrected chi connectivity index (χ4v) is 3.47. The van der Waals surface area contributed by atoms with Gasteiger partial charge in [-0.2, -0.15) is 0 Å². The molecule has 2 N–H and O–H groups in total. The van der Waals surface area contributed by atoms with Crippen LogP contribution < -0.4 is 5.32 Å². The average molecular weight is 359 g/mol. The van der Waals surface area contributed by atoms with Crippen LogP contribution >= 0.6 is 0 Å². The molecule has 1 aliphatic heterocycles. The number of rotatable bonds is 9. The summed E-state index contributed by atoms with van der Waals surface area (Å²) in [5.74, 6) is 0.883. The van der Waals surface area contributed by atoms with E-state index in [0.29, 0.717) is 31.2 Å². The smallest absolute Gasteiger partial charge is 0.286 e. The minimum absolute atomic E-state index is 0.0229. The van der Waals surface area contributed by atoms with Gasteiger partial charge in [0, 0.05) is 31.6 Å². The number of ether oxygens (including phenoxy) is 2. The summed E-state index contributed by atoms with van der Waals surface area (Å²) in [5.41, 5.74) is 1.14. The quantitative estimate of drug-likeness (QED) is 0.711. The number of aliphatic hydroxyl groups is 1. The third kappa shape index (κ3) is 4.86. The Hall–Kier alpha value is -1.85. The zero-order chi connectivity index (χ0) is 18.4. The van der Waals surface area contributed by atoms with E-state index in [1.165, 1.54) is 12.8 Å². The molecule has 0 aromatic heterocycles. The van der Waals surface area contributed by atoms with Crippen LogP contribution in [0.25, 0.3) is 0 Å². The van der Waals surface area contributed by atoms with E-state index in [-0.39, 0.29) is 24.3 Å². The van der Waals surface area contributed by atoms with Gasteiger partial charge in [-0.3, -0.25) is 4.79 Å². The second-order valence-corrected chi connectivity index (χ2v) is 7.09. The molecule has 1 aliphatic carbocycles. The van der Waals surface area contributed by atoms with Crippen molar-refractivity contribution in [3.8, 4) is 0 Å². The maximum Gasteiger partial charge on any atom is 0.286 e. The fraction of sp³-hybridized carbons (Fsp3) is 0.571. The topological polar surface area (TPSA) is 67.8 Å². The fourth-order valence-electron chi connectivity index (χ4n) is 3.47. The van der Waals surface area contributed by atoms with Gasteiger partial charge < -0.3 is 19.9 Å². The summed E-state index contributed by atoms with van der Waals surface area (Å²) in [6.07, 6.45) is 5.28. The first-order valence-electron chi connectivity index (χ1n) is 9.67. The number of amides is 1. The van der Waals surface area contributed by atoms with Gasteiger partial charge in [-0.15, -0.1) is 0 Å². The molecule has 1 aromatic rings. The lowest BCUT2D eigenvalue weighted by molar-refractivity contribution is -0.166. The van der Waals surface area contributed by atoms with Gasteiger partial charge in [0.1, 0.15) is 0 Å². The number of allylic oxidation sites excluding steroid dienone is 1. The molecule has 1 amide bonds. The summed E-state index contributed by atoms with van der Waals surface area (Å²) in [7, 11) is 0. The Morgan fingerprint density at radius 1 is 1.31 bits per heavy atom. The highest BCUT2D eigenvalue weighted by atomic mass is 16.7. The number of aliphatic hydroxyl groups excluding tert-OH is 1. The van der Waals surface area contributed by atoms with Crippen molar-refractivity contribution in [1.29, 1.82) is 0 Å². The maximum atomic E-state index is 12.6. The van der Waals surface area contributed by atoms with E-state index in [2.05, 4.69) is 17.4 Å². The number of hydrogen-bond donors (Lipinski definition) is 2. The molecule has 1 heterocycles. The van der Waals surface area contributed by atoms with Crippen LogP contribution in [-0.2, 0) is 14.3 Å². The maximum absolute atomic E-state index is 12.6. The zero-order valence-corrected chi connectivity index (χ0v) is 15.4. The predicted molar refractivity (Wildman–Crippen MR) is 99.3 cm³/mol. The first kappa shape index (κ1) is 18.9. The van der Waals surface area contributed by atoms with Gasteiger partial charge in [0.2, 0.25) is 6.29 Å². The molecule has 1 saturated carbocycles. The minimum Gasteiger partial charge on any atom is -0.459 e. The van der Waals surface area contributed by atoms with E-state index in [4.69, 9.17) is 9.47 Å². The number of benzene rings is 1. The molecule has 0 saturated heterocycles. The van der Waals surface area contributed by atoms with Crippen LogP contribution in [0.15, 0.2) is 42.2 Å². The van der Waals surface area contributed by atoms with Crippen molar-refractivity contribution >= 4 is 5.91 Å². The van der Waals surface area contributed by atoms with Gasteiger partial charge in [-0.1, -0.05) is 30.3 Å². The molecule has 1 aromatic carbocycles. The molecular formula is C21H29NO4. The van der Waals surface area contributed by atoms with Crippen molar-refractivity contribution in [3.63, 3.8) is 0 Å². The average Bonchev–Trinajstić information content (AvgIpc) is 3.50. The summed E-state index contributed by atoms with van der Waals surface area (Å²) in [5, 5.41) is 12.3. The molecule has 0 spiro atoms. The minimum atomic E-state index is -0.483. The van der Waals surface area contributed by atoms with Gasteiger partial charge in [-0.25, -0.2) is 0 Å². The molecule has 1 fully saturated rings. The number of carbonyl (C=O) groups is 1. The van der Waals surface area contributed by atoms with Crippen molar-refractivity contribution in [3.05, 3.63) is 47.7 Å². The monoisotopic (exact) mass is 359 g/mol. The number of carbonyl (C=O) groups excluding carboxylic acids is 1. The number of nitrogens with one attached hydrogen (secondary N) is 1. The first-order valence-corrected chi connectivity index (χ1v) is 9.67. The van der Waals surface area contributed by atoms with Crippen molar-refractivity contribution < 1.29 is 19.4 Å². The van der Waals surface area contributed by atoms with Gasteiger partial charge in [0.15, 0.2) is 5.76 Å². The molecule has 3 atom stereocenters. The van der Waals surface area contributed by atoms with Gasteiger partial charge in [-0.05, 0) is 50.2 Å². The van der Waals surface area contributed by atoms with E-state index in [1.54, 1.807) is 0 Å². The van der Waals surface area contributed by atoms with E-state index < -0.39 is 6.29 Å².